The minimum Gasteiger partial charge on any atom is -0.332 e. The van der Waals surface area contributed by atoms with Crippen LogP contribution in [0.3, 0.4) is 0 Å². The van der Waals surface area contributed by atoms with Crippen molar-refractivity contribution in [3.63, 3.8) is 0 Å². The maximum Gasteiger partial charge on any atom is 0.250 e. The van der Waals surface area contributed by atoms with Gasteiger partial charge in [-0.25, -0.2) is 0 Å². The predicted octanol–water partition coefficient (Wildman–Crippen LogP) is 5.65. The Kier molecular flexibility index (Phi) is 9.12. The summed E-state index contributed by atoms with van der Waals surface area (Å²) in [4.78, 5) is 23.9. The van der Waals surface area contributed by atoms with E-state index in [1.807, 2.05) is 6.92 Å². The summed E-state index contributed by atoms with van der Waals surface area (Å²) in [5.74, 6) is -0.441. The second-order valence-corrected chi connectivity index (χ2v) is 7.43. The number of halogens is 2. The predicted molar refractivity (Wildman–Crippen MR) is 124 cm³/mol. The summed E-state index contributed by atoms with van der Waals surface area (Å²) in [5.41, 5.74) is 1.97. The Morgan fingerprint density at radius 2 is 1.79 bits per heavy atom. The largest absolute Gasteiger partial charge is 0.332 e. The topological polar surface area (TPSA) is 70.2 Å². The van der Waals surface area contributed by atoms with Crippen molar-refractivity contribution in [1.29, 1.82) is 0 Å². The lowest BCUT2D eigenvalue weighted by atomic mass is 10.2. The lowest BCUT2D eigenvalue weighted by Gasteiger charge is -2.10. The molecule has 152 valence electrons. The van der Waals surface area contributed by atoms with E-state index in [-0.39, 0.29) is 11.0 Å². The lowest BCUT2D eigenvalue weighted by Crippen LogP contribution is -2.32. The molecule has 0 aromatic heterocycles. The monoisotopic (exact) mass is 449 g/mol. The fourth-order valence-corrected chi connectivity index (χ4v) is 3.04. The van der Waals surface area contributed by atoms with Gasteiger partial charge in [-0.2, -0.15) is 0 Å². The molecule has 2 rings (SSSR count). The molecule has 0 atom stereocenters. The van der Waals surface area contributed by atoms with Gasteiger partial charge in [0.15, 0.2) is 5.11 Å². The third-order valence-electron chi connectivity index (χ3n) is 3.78. The van der Waals surface area contributed by atoms with Crippen molar-refractivity contribution < 1.29 is 9.59 Å². The van der Waals surface area contributed by atoms with Crippen LogP contribution in [-0.2, 0) is 9.59 Å². The van der Waals surface area contributed by atoms with Crippen molar-refractivity contribution in [2.24, 2.45) is 0 Å². The molecule has 0 aliphatic carbocycles. The zero-order valence-corrected chi connectivity index (χ0v) is 18.1. The first-order valence-electron chi connectivity index (χ1n) is 9.02. The first kappa shape index (κ1) is 22.9. The molecular formula is C21H21Cl2N3O2S. The second kappa shape index (κ2) is 11.6. The number of benzene rings is 2. The van der Waals surface area contributed by atoms with Crippen LogP contribution in [-0.4, -0.2) is 16.9 Å². The molecule has 2 aromatic rings. The van der Waals surface area contributed by atoms with Gasteiger partial charge in [-0.15, -0.1) is 0 Å². The van der Waals surface area contributed by atoms with Gasteiger partial charge >= 0.3 is 0 Å². The third-order valence-corrected chi connectivity index (χ3v) is 4.54. The molecule has 3 N–H and O–H groups in total. The number of carbonyl (C=O) groups is 2. The van der Waals surface area contributed by atoms with Crippen molar-refractivity contribution in [3.05, 3.63) is 64.1 Å². The molecule has 8 heteroatoms. The standard InChI is InChI=1S/C21H21Cl2N3O2S/c1-2-3-7-19(27)24-16-5-4-6-17(13-16)25-21(29)26-20(28)11-9-14-8-10-15(22)12-18(14)23/h4-6,8-13H,2-3,7H2,1H3,(H,24,27)(H2,25,26,28,29)/b11-9+. The number of nitrogens with one attached hydrogen (secondary N) is 3. The number of hydrogen-bond donors (Lipinski definition) is 3. The molecule has 0 radical (unpaired) electrons. The first-order valence-corrected chi connectivity index (χ1v) is 10.2. The Balaban J connectivity index is 1.89. The zero-order valence-electron chi connectivity index (χ0n) is 15.8. The van der Waals surface area contributed by atoms with E-state index >= 15 is 0 Å². The van der Waals surface area contributed by atoms with Crippen LogP contribution in [0.25, 0.3) is 6.08 Å². The van der Waals surface area contributed by atoms with Gasteiger partial charge in [0, 0.05) is 33.9 Å². The molecule has 2 amide bonds. The molecule has 0 saturated carbocycles. The van der Waals surface area contributed by atoms with Gasteiger partial charge in [0.2, 0.25) is 11.8 Å². The van der Waals surface area contributed by atoms with Crippen LogP contribution in [0.5, 0.6) is 0 Å². The maximum atomic E-state index is 12.1. The van der Waals surface area contributed by atoms with Gasteiger partial charge in [-0.1, -0.05) is 48.7 Å². The number of amides is 2. The quantitative estimate of drug-likeness (QED) is 0.377. The number of thiocarbonyl (C=S) groups is 1. The molecular weight excluding hydrogens is 429 g/mol. The molecule has 29 heavy (non-hydrogen) atoms. The van der Waals surface area contributed by atoms with E-state index in [4.69, 9.17) is 35.4 Å². The van der Waals surface area contributed by atoms with Crippen molar-refractivity contribution in [2.45, 2.75) is 26.2 Å². The SMILES string of the molecule is CCCCC(=O)Nc1cccc(NC(=S)NC(=O)/C=C/c2ccc(Cl)cc2Cl)c1. The van der Waals surface area contributed by atoms with E-state index in [0.717, 1.165) is 12.8 Å². The average Bonchev–Trinajstić information content (AvgIpc) is 2.65. The van der Waals surface area contributed by atoms with Crippen LogP contribution in [0.1, 0.15) is 31.7 Å². The number of carbonyl (C=O) groups excluding carboxylic acids is 2. The minimum atomic E-state index is -0.405. The Bertz CT molecular complexity index is 932. The Morgan fingerprint density at radius 1 is 1.07 bits per heavy atom. The highest BCUT2D eigenvalue weighted by Crippen LogP contribution is 2.22. The third kappa shape index (κ3) is 8.23. The highest BCUT2D eigenvalue weighted by atomic mass is 35.5. The van der Waals surface area contributed by atoms with Crippen LogP contribution in [0.4, 0.5) is 11.4 Å². The molecule has 0 aliphatic heterocycles. The van der Waals surface area contributed by atoms with Gasteiger partial charge in [0.05, 0.1) is 0 Å². The van der Waals surface area contributed by atoms with E-state index in [0.29, 0.717) is 33.4 Å². The lowest BCUT2D eigenvalue weighted by molar-refractivity contribution is -0.116. The normalized spacial score (nSPS) is 10.6. The van der Waals surface area contributed by atoms with Crippen LogP contribution < -0.4 is 16.0 Å². The van der Waals surface area contributed by atoms with E-state index in [2.05, 4.69) is 16.0 Å². The summed E-state index contributed by atoms with van der Waals surface area (Å²) < 4.78 is 0. The van der Waals surface area contributed by atoms with Gasteiger partial charge in [-0.05, 0) is 60.6 Å². The number of rotatable bonds is 7. The molecule has 0 bridgehead atoms. The summed E-state index contributed by atoms with van der Waals surface area (Å²) in [6.45, 7) is 2.03. The molecule has 5 nitrogen and oxygen atoms in total. The molecule has 0 saturated heterocycles. The van der Waals surface area contributed by atoms with Crippen LogP contribution in [0.15, 0.2) is 48.5 Å². The van der Waals surface area contributed by atoms with E-state index in [1.54, 1.807) is 48.5 Å². The Morgan fingerprint density at radius 3 is 2.48 bits per heavy atom. The van der Waals surface area contributed by atoms with Crippen molar-refractivity contribution in [3.8, 4) is 0 Å². The summed E-state index contributed by atoms with van der Waals surface area (Å²) in [6.07, 6.45) is 5.18. The van der Waals surface area contributed by atoms with Crippen molar-refractivity contribution >= 4 is 69.8 Å². The Labute approximate surface area is 185 Å². The highest BCUT2D eigenvalue weighted by Gasteiger charge is 2.05. The van der Waals surface area contributed by atoms with E-state index in [1.165, 1.54) is 6.08 Å². The molecule has 2 aromatic carbocycles. The Hall–Kier alpha value is -2.41. The second-order valence-electron chi connectivity index (χ2n) is 6.18. The molecule has 0 aliphatic rings. The summed E-state index contributed by atoms with van der Waals surface area (Å²) in [7, 11) is 0. The van der Waals surface area contributed by atoms with Crippen molar-refractivity contribution in [1.82, 2.24) is 5.32 Å². The minimum absolute atomic E-state index is 0.0362. The zero-order chi connectivity index (χ0) is 21.2. The fraction of sp³-hybridized carbons (Fsp3) is 0.190. The average molecular weight is 450 g/mol. The fourth-order valence-electron chi connectivity index (χ4n) is 2.35. The first-order chi connectivity index (χ1) is 13.9. The van der Waals surface area contributed by atoms with Gasteiger partial charge in [-0.3, -0.25) is 14.9 Å². The number of hydrogen-bond acceptors (Lipinski definition) is 3. The van der Waals surface area contributed by atoms with E-state index in [9.17, 15) is 9.59 Å². The summed E-state index contributed by atoms with van der Waals surface area (Å²) in [6, 6.07) is 12.1. The maximum absolute atomic E-state index is 12.1. The van der Waals surface area contributed by atoms with Gasteiger partial charge in [0.25, 0.3) is 0 Å². The van der Waals surface area contributed by atoms with Crippen LogP contribution >= 0.6 is 35.4 Å². The van der Waals surface area contributed by atoms with Gasteiger partial charge < -0.3 is 10.6 Å². The molecule has 0 spiro atoms. The van der Waals surface area contributed by atoms with Crippen molar-refractivity contribution in [2.75, 3.05) is 10.6 Å². The van der Waals surface area contributed by atoms with Crippen LogP contribution in [0, 0.1) is 0 Å². The summed E-state index contributed by atoms with van der Waals surface area (Å²) >= 11 is 17.1. The van der Waals surface area contributed by atoms with Gasteiger partial charge in [0.1, 0.15) is 0 Å². The van der Waals surface area contributed by atoms with E-state index < -0.39 is 5.91 Å². The molecule has 0 heterocycles. The number of anilines is 2. The highest BCUT2D eigenvalue weighted by molar-refractivity contribution is 7.80. The smallest absolute Gasteiger partial charge is 0.250 e. The summed E-state index contributed by atoms with van der Waals surface area (Å²) in [5, 5.41) is 9.41. The van der Waals surface area contributed by atoms with Crippen LogP contribution in [0.2, 0.25) is 10.0 Å². The number of unbranched alkanes of at least 4 members (excludes halogenated alkanes) is 1. The molecule has 0 fully saturated rings. The molecule has 0 unspecified atom stereocenters.